The summed E-state index contributed by atoms with van der Waals surface area (Å²) in [5.41, 5.74) is 0.953. The van der Waals surface area contributed by atoms with Crippen molar-refractivity contribution in [1.29, 1.82) is 0 Å². The lowest BCUT2D eigenvalue weighted by Gasteiger charge is -2.35. The number of carbonyl (C=O) groups excluding carboxylic acids is 1. The Bertz CT molecular complexity index is 647. The molecule has 0 aliphatic carbocycles. The highest BCUT2D eigenvalue weighted by Crippen LogP contribution is 2.11. The zero-order valence-electron chi connectivity index (χ0n) is 13.5. The van der Waals surface area contributed by atoms with Crippen molar-refractivity contribution in [2.24, 2.45) is 0 Å². The van der Waals surface area contributed by atoms with Crippen LogP contribution in [0.2, 0.25) is 0 Å². The average Bonchev–Trinajstić information content (AvgIpc) is 3.04. The van der Waals surface area contributed by atoms with E-state index >= 15 is 0 Å². The van der Waals surface area contributed by atoms with Crippen LogP contribution in [0.1, 0.15) is 5.82 Å². The Morgan fingerprint density at radius 3 is 2.48 bits per heavy atom. The van der Waals surface area contributed by atoms with Crippen molar-refractivity contribution in [2.75, 3.05) is 40.3 Å². The second-order valence-electron chi connectivity index (χ2n) is 5.78. The quantitative estimate of drug-likeness (QED) is 0.823. The smallest absolute Gasteiger partial charge is 0.319 e. The average molecular weight is 315 g/mol. The molecule has 2 amide bonds. The van der Waals surface area contributed by atoms with Gasteiger partial charge in [-0.25, -0.2) is 4.79 Å². The molecule has 0 atom stereocenters. The maximum atomic E-state index is 12.0. The lowest BCUT2D eigenvalue weighted by atomic mass is 10.3. The molecule has 8 nitrogen and oxygen atoms in total. The van der Waals surface area contributed by atoms with E-state index in [0.29, 0.717) is 6.54 Å². The highest BCUT2D eigenvalue weighted by Gasteiger charge is 2.23. The molecule has 0 N–H and O–H groups in total. The third kappa shape index (κ3) is 3.48. The van der Waals surface area contributed by atoms with Gasteiger partial charge in [-0.05, 0) is 22.6 Å². The molecule has 1 aliphatic heterocycles. The minimum Gasteiger partial charge on any atom is -0.331 e. The molecule has 1 aromatic heterocycles. The number of tetrazole rings is 1. The summed E-state index contributed by atoms with van der Waals surface area (Å²) >= 11 is 0. The molecule has 0 radical (unpaired) electrons. The second-order valence-corrected chi connectivity index (χ2v) is 5.78. The summed E-state index contributed by atoms with van der Waals surface area (Å²) < 4.78 is 1.76. The van der Waals surface area contributed by atoms with Crippen molar-refractivity contribution < 1.29 is 4.79 Å². The third-order valence-corrected chi connectivity index (χ3v) is 3.93. The van der Waals surface area contributed by atoms with Gasteiger partial charge in [0, 0.05) is 40.3 Å². The first kappa shape index (κ1) is 15.4. The number of piperazine rings is 1. The number of rotatable bonds is 3. The van der Waals surface area contributed by atoms with E-state index in [2.05, 4.69) is 20.4 Å². The van der Waals surface area contributed by atoms with Crippen molar-refractivity contribution in [1.82, 2.24) is 34.9 Å². The maximum absolute atomic E-state index is 12.0. The van der Waals surface area contributed by atoms with E-state index in [-0.39, 0.29) is 6.03 Å². The summed E-state index contributed by atoms with van der Waals surface area (Å²) in [4.78, 5) is 17.7. The molecule has 1 aromatic carbocycles. The van der Waals surface area contributed by atoms with Gasteiger partial charge in [0.05, 0.1) is 12.2 Å². The topological polar surface area (TPSA) is 70.4 Å². The molecule has 122 valence electrons. The van der Waals surface area contributed by atoms with E-state index in [9.17, 15) is 4.79 Å². The van der Waals surface area contributed by atoms with Crippen molar-refractivity contribution >= 4 is 6.03 Å². The number of nitrogens with zero attached hydrogens (tertiary/aromatic N) is 7. The zero-order chi connectivity index (χ0) is 16.2. The van der Waals surface area contributed by atoms with E-state index in [4.69, 9.17) is 0 Å². The predicted molar refractivity (Wildman–Crippen MR) is 85.1 cm³/mol. The van der Waals surface area contributed by atoms with Crippen molar-refractivity contribution in [3.63, 3.8) is 0 Å². The number of hydrogen-bond donors (Lipinski definition) is 0. The fourth-order valence-corrected chi connectivity index (χ4v) is 2.65. The molecule has 0 unspecified atom stereocenters. The van der Waals surface area contributed by atoms with Crippen LogP contribution in [0.3, 0.4) is 0 Å². The van der Waals surface area contributed by atoms with Gasteiger partial charge in [0.1, 0.15) is 0 Å². The van der Waals surface area contributed by atoms with Gasteiger partial charge in [0.15, 0.2) is 5.82 Å². The van der Waals surface area contributed by atoms with Gasteiger partial charge in [-0.15, -0.1) is 5.10 Å². The summed E-state index contributed by atoms with van der Waals surface area (Å²) in [6.07, 6.45) is 0. The first-order valence-electron chi connectivity index (χ1n) is 7.66. The minimum absolute atomic E-state index is 0.0683. The van der Waals surface area contributed by atoms with E-state index < -0.39 is 0 Å². The first-order chi connectivity index (χ1) is 11.1. The van der Waals surface area contributed by atoms with E-state index in [0.717, 1.165) is 37.7 Å². The number of hydrogen-bond acceptors (Lipinski definition) is 5. The van der Waals surface area contributed by atoms with Crippen molar-refractivity contribution in [3.8, 4) is 5.69 Å². The molecule has 23 heavy (non-hydrogen) atoms. The standard InChI is InChI=1S/C15H21N7O/c1-19(2)15(23)21-10-8-20(9-11-21)12-14-16-17-18-22(14)13-6-4-3-5-7-13/h3-7H,8-12H2,1-2H3. The van der Waals surface area contributed by atoms with Crippen LogP contribution in [0.4, 0.5) is 4.79 Å². The van der Waals surface area contributed by atoms with Crippen LogP contribution in [-0.2, 0) is 6.54 Å². The van der Waals surface area contributed by atoms with Crippen LogP contribution in [0.5, 0.6) is 0 Å². The second kappa shape index (κ2) is 6.74. The Kier molecular flexibility index (Phi) is 4.52. The largest absolute Gasteiger partial charge is 0.331 e. The first-order valence-corrected chi connectivity index (χ1v) is 7.66. The lowest BCUT2D eigenvalue weighted by Crippen LogP contribution is -2.51. The van der Waals surface area contributed by atoms with Crippen molar-refractivity contribution in [3.05, 3.63) is 36.2 Å². The Morgan fingerprint density at radius 1 is 1.13 bits per heavy atom. The van der Waals surface area contributed by atoms with Gasteiger partial charge in [-0.1, -0.05) is 18.2 Å². The molecular weight excluding hydrogens is 294 g/mol. The Hall–Kier alpha value is -2.48. The number of carbonyl (C=O) groups is 1. The van der Waals surface area contributed by atoms with Gasteiger partial charge in [-0.2, -0.15) is 4.68 Å². The Morgan fingerprint density at radius 2 is 1.83 bits per heavy atom. The predicted octanol–water partition coefficient (Wildman–Crippen LogP) is 0.461. The van der Waals surface area contributed by atoms with Crippen LogP contribution in [0.15, 0.2) is 30.3 Å². The van der Waals surface area contributed by atoms with Gasteiger partial charge >= 0.3 is 6.03 Å². The number of aromatic nitrogens is 4. The summed E-state index contributed by atoms with van der Waals surface area (Å²) in [5.74, 6) is 0.809. The maximum Gasteiger partial charge on any atom is 0.319 e. The molecule has 3 rings (SSSR count). The lowest BCUT2D eigenvalue weighted by molar-refractivity contribution is 0.118. The molecule has 1 fully saturated rings. The highest BCUT2D eigenvalue weighted by atomic mass is 16.2. The molecule has 0 spiro atoms. The molecule has 1 aliphatic rings. The molecule has 1 saturated heterocycles. The number of amides is 2. The van der Waals surface area contributed by atoms with E-state index in [1.54, 1.807) is 23.7 Å². The fourth-order valence-electron chi connectivity index (χ4n) is 2.65. The number of para-hydroxylation sites is 1. The molecule has 2 heterocycles. The van der Waals surface area contributed by atoms with Crippen LogP contribution in [0.25, 0.3) is 5.69 Å². The van der Waals surface area contributed by atoms with E-state index in [1.165, 1.54) is 0 Å². The van der Waals surface area contributed by atoms with Crippen molar-refractivity contribution in [2.45, 2.75) is 6.54 Å². The minimum atomic E-state index is 0.0683. The summed E-state index contributed by atoms with van der Waals surface area (Å²) in [7, 11) is 3.56. The Labute approximate surface area is 135 Å². The molecule has 0 saturated carbocycles. The van der Waals surface area contributed by atoms with Gasteiger partial charge in [-0.3, -0.25) is 4.90 Å². The number of benzene rings is 1. The summed E-state index contributed by atoms with van der Waals surface area (Å²) in [6, 6.07) is 9.92. The summed E-state index contributed by atoms with van der Waals surface area (Å²) in [5, 5.41) is 12.0. The normalized spacial score (nSPS) is 15.7. The van der Waals surface area contributed by atoms with Crippen LogP contribution in [-0.4, -0.2) is 81.2 Å². The zero-order valence-corrected chi connectivity index (χ0v) is 13.5. The fraction of sp³-hybridized carbons (Fsp3) is 0.467. The Balaban J connectivity index is 1.62. The molecule has 0 bridgehead atoms. The highest BCUT2D eigenvalue weighted by molar-refractivity contribution is 5.73. The molecular formula is C15H21N7O. The van der Waals surface area contributed by atoms with Crippen LogP contribution < -0.4 is 0 Å². The van der Waals surface area contributed by atoms with Gasteiger partial charge < -0.3 is 9.80 Å². The monoisotopic (exact) mass is 315 g/mol. The van der Waals surface area contributed by atoms with E-state index in [1.807, 2.05) is 35.2 Å². The summed E-state index contributed by atoms with van der Waals surface area (Å²) in [6.45, 7) is 3.77. The molecule has 8 heteroatoms. The SMILES string of the molecule is CN(C)C(=O)N1CCN(Cc2nnnn2-c2ccccc2)CC1. The van der Waals surface area contributed by atoms with Crippen LogP contribution >= 0.6 is 0 Å². The van der Waals surface area contributed by atoms with Gasteiger partial charge in [0.2, 0.25) is 0 Å². The number of urea groups is 1. The molecule has 2 aromatic rings. The van der Waals surface area contributed by atoms with Gasteiger partial charge in [0.25, 0.3) is 0 Å². The third-order valence-electron chi connectivity index (χ3n) is 3.93. The van der Waals surface area contributed by atoms with Crippen LogP contribution in [0, 0.1) is 0 Å².